The highest BCUT2D eigenvalue weighted by molar-refractivity contribution is 7.13. The number of hydrogen-bond acceptors (Lipinski definition) is 5. The van der Waals surface area contributed by atoms with E-state index in [1.165, 1.54) is 0 Å². The second-order valence-electron chi connectivity index (χ2n) is 6.14. The van der Waals surface area contributed by atoms with Crippen LogP contribution in [0.4, 0.5) is 11.4 Å². The molecule has 3 aromatic rings. The molecular weight excluding hydrogens is 360 g/mol. The van der Waals surface area contributed by atoms with Gasteiger partial charge in [-0.15, -0.1) is 11.3 Å². The van der Waals surface area contributed by atoms with Crippen LogP contribution in [0, 0.1) is 0 Å². The van der Waals surface area contributed by atoms with Crippen LogP contribution in [0.15, 0.2) is 60.0 Å². The van der Waals surface area contributed by atoms with Gasteiger partial charge in [0.15, 0.2) is 0 Å². The van der Waals surface area contributed by atoms with Crippen molar-refractivity contribution in [3.05, 3.63) is 71.1 Å². The third kappa shape index (κ3) is 4.52. The Balaban J connectivity index is 1.74. The van der Waals surface area contributed by atoms with Crippen molar-refractivity contribution in [1.82, 2.24) is 0 Å². The number of nitrogens with one attached hydrogen (secondary N) is 1. The Labute approximate surface area is 161 Å². The van der Waals surface area contributed by atoms with Crippen molar-refractivity contribution < 1.29 is 9.59 Å². The van der Waals surface area contributed by atoms with Crippen molar-refractivity contribution in [1.29, 1.82) is 0 Å². The van der Waals surface area contributed by atoms with Crippen molar-refractivity contribution in [2.45, 2.75) is 12.5 Å². The summed E-state index contributed by atoms with van der Waals surface area (Å²) in [5, 5.41) is 4.84. The summed E-state index contributed by atoms with van der Waals surface area (Å²) in [6, 6.07) is 15.7. The molecule has 0 fully saturated rings. The molecule has 3 rings (SSSR count). The molecule has 7 N–H and O–H groups in total. The van der Waals surface area contributed by atoms with Crippen LogP contribution in [-0.2, 0) is 11.2 Å². The monoisotopic (exact) mass is 380 g/mol. The standard InChI is InChI=1S/C20H20N4O2S/c21-15-8-7-14(18-2-1-9-27-18)11-17(15)24-20(26)13-5-3-12(4-6-13)10-16(22)19(23)25/h1-9,11,16H,10,21-22H2,(H2,23,25)(H,24,26)/t16-/m0/s1. The van der Waals surface area contributed by atoms with Crippen LogP contribution in [0.2, 0.25) is 0 Å². The Morgan fingerprint density at radius 3 is 2.44 bits per heavy atom. The number of benzene rings is 2. The van der Waals surface area contributed by atoms with Crippen molar-refractivity contribution in [3.8, 4) is 10.4 Å². The molecule has 1 atom stereocenters. The minimum absolute atomic E-state index is 0.268. The van der Waals surface area contributed by atoms with Gasteiger partial charge < -0.3 is 22.5 Å². The van der Waals surface area contributed by atoms with Gasteiger partial charge in [-0.2, -0.15) is 0 Å². The summed E-state index contributed by atoms with van der Waals surface area (Å²) in [5.74, 6) is -0.825. The topological polar surface area (TPSA) is 124 Å². The molecule has 1 aromatic heterocycles. The van der Waals surface area contributed by atoms with Crippen LogP contribution in [0.5, 0.6) is 0 Å². The molecule has 0 saturated carbocycles. The van der Waals surface area contributed by atoms with E-state index in [4.69, 9.17) is 17.2 Å². The van der Waals surface area contributed by atoms with Crippen LogP contribution in [0.3, 0.4) is 0 Å². The van der Waals surface area contributed by atoms with Crippen LogP contribution in [0.25, 0.3) is 10.4 Å². The van der Waals surface area contributed by atoms with E-state index in [9.17, 15) is 9.59 Å². The Bertz CT molecular complexity index is 953. The number of carbonyl (C=O) groups is 2. The fourth-order valence-electron chi connectivity index (χ4n) is 2.60. The third-order valence-electron chi connectivity index (χ3n) is 4.14. The largest absolute Gasteiger partial charge is 0.397 e. The van der Waals surface area contributed by atoms with Crippen molar-refractivity contribution in [2.75, 3.05) is 11.1 Å². The first kappa shape index (κ1) is 18.6. The molecule has 0 spiro atoms. The molecule has 138 valence electrons. The molecule has 0 aliphatic rings. The molecule has 0 aliphatic carbocycles. The number of carbonyl (C=O) groups excluding carboxylic acids is 2. The summed E-state index contributed by atoms with van der Waals surface area (Å²) >= 11 is 1.62. The summed E-state index contributed by atoms with van der Waals surface area (Å²) in [6.45, 7) is 0. The maximum absolute atomic E-state index is 12.5. The lowest BCUT2D eigenvalue weighted by atomic mass is 10.0. The van der Waals surface area contributed by atoms with Gasteiger partial charge in [-0.05, 0) is 53.3 Å². The lowest BCUT2D eigenvalue weighted by Gasteiger charge is -2.11. The van der Waals surface area contributed by atoms with Crippen LogP contribution >= 0.6 is 11.3 Å². The molecule has 7 heteroatoms. The number of thiophene rings is 1. The molecule has 0 saturated heterocycles. The van der Waals surface area contributed by atoms with Gasteiger partial charge in [0.05, 0.1) is 17.4 Å². The molecule has 2 amide bonds. The van der Waals surface area contributed by atoms with Gasteiger partial charge in [0.1, 0.15) is 0 Å². The van der Waals surface area contributed by atoms with Crippen LogP contribution in [0.1, 0.15) is 15.9 Å². The fraction of sp³-hybridized carbons (Fsp3) is 0.100. The smallest absolute Gasteiger partial charge is 0.255 e. The lowest BCUT2D eigenvalue weighted by Crippen LogP contribution is -2.38. The summed E-state index contributed by atoms with van der Waals surface area (Å²) in [4.78, 5) is 24.7. The van der Waals surface area contributed by atoms with Gasteiger partial charge in [0.25, 0.3) is 5.91 Å². The number of hydrogen-bond donors (Lipinski definition) is 4. The number of nitrogen functional groups attached to an aromatic ring is 1. The van der Waals surface area contributed by atoms with Gasteiger partial charge in [0.2, 0.25) is 5.91 Å². The average Bonchev–Trinajstić information content (AvgIpc) is 3.18. The Kier molecular flexibility index (Phi) is 5.54. The average molecular weight is 380 g/mol. The quantitative estimate of drug-likeness (QED) is 0.491. The Hall–Kier alpha value is -3.16. The third-order valence-corrected chi connectivity index (χ3v) is 5.06. The molecular formula is C20H20N4O2S. The van der Waals surface area contributed by atoms with Crippen molar-refractivity contribution >= 4 is 34.5 Å². The molecule has 1 heterocycles. The minimum Gasteiger partial charge on any atom is -0.397 e. The zero-order valence-corrected chi connectivity index (χ0v) is 15.3. The zero-order chi connectivity index (χ0) is 19.4. The zero-order valence-electron chi connectivity index (χ0n) is 14.5. The highest BCUT2D eigenvalue weighted by Crippen LogP contribution is 2.30. The van der Waals surface area contributed by atoms with E-state index in [1.807, 2.05) is 29.6 Å². The van der Waals surface area contributed by atoms with Crippen LogP contribution < -0.4 is 22.5 Å². The number of nitrogens with two attached hydrogens (primary N) is 3. The molecule has 2 aromatic carbocycles. The summed E-state index contributed by atoms with van der Waals surface area (Å²) < 4.78 is 0. The first-order valence-corrected chi connectivity index (χ1v) is 9.20. The maximum Gasteiger partial charge on any atom is 0.255 e. The van der Waals surface area contributed by atoms with E-state index >= 15 is 0 Å². The molecule has 0 bridgehead atoms. The van der Waals surface area contributed by atoms with Crippen molar-refractivity contribution in [2.24, 2.45) is 11.5 Å². The predicted octanol–water partition coefficient (Wildman–Crippen LogP) is 2.60. The van der Waals surface area contributed by atoms with Gasteiger partial charge in [0, 0.05) is 10.4 Å². The van der Waals surface area contributed by atoms with E-state index < -0.39 is 11.9 Å². The Morgan fingerprint density at radius 1 is 1.07 bits per heavy atom. The van der Waals surface area contributed by atoms with Gasteiger partial charge in [-0.25, -0.2) is 0 Å². The van der Waals surface area contributed by atoms with E-state index in [0.29, 0.717) is 23.4 Å². The molecule has 6 nitrogen and oxygen atoms in total. The highest BCUT2D eigenvalue weighted by Gasteiger charge is 2.12. The van der Waals surface area contributed by atoms with E-state index in [0.717, 1.165) is 16.0 Å². The number of anilines is 2. The van der Waals surface area contributed by atoms with E-state index in [2.05, 4.69) is 5.32 Å². The van der Waals surface area contributed by atoms with Gasteiger partial charge in [-0.3, -0.25) is 9.59 Å². The second-order valence-corrected chi connectivity index (χ2v) is 7.09. The van der Waals surface area contributed by atoms with E-state index in [1.54, 1.807) is 41.7 Å². The van der Waals surface area contributed by atoms with Gasteiger partial charge >= 0.3 is 0 Å². The molecule has 0 aliphatic heterocycles. The van der Waals surface area contributed by atoms with E-state index in [-0.39, 0.29) is 5.91 Å². The second kappa shape index (κ2) is 8.03. The highest BCUT2D eigenvalue weighted by atomic mass is 32.1. The number of rotatable bonds is 6. The summed E-state index contributed by atoms with van der Waals surface area (Å²) in [6.07, 6.45) is 0.326. The van der Waals surface area contributed by atoms with Crippen LogP contribution in [-0.4, -0.2) is 17.9 Å². The maximum atomic E-state index is 12.5. The number of primary amides is 1. The first-order chi connectivity index (χ1) is 12.9. The Morgan fingerprint density at radius 2 is 1.81 bits per heavy atom. The predicted molar refractivity (Wildman–Crippen MR) is 109 cm³/mol. The molecule has 0 radical (unpaired) electrons. The lowest BCUT2D eigenvalue weighted by molar-refractivity contribution is -0.119. The molecule has 0 unspecified atom stereocenters. The first-order valence-electron chi connectivity index (χ1n) is 8.32. The fourth-order valence-corrected chi connectivity index (χ4v) is 3.33. The minimum atomic E-state index is -0.746. The normalized spacial score (nSPS) is 11.7. The summed E-state index contributed by atoms with van der Waals surface area (Å²) in [5.41, 5.74) is 20.2. The van der Waals surface area contributed by atoms with Gasteiger partial charge in [-0.1, -0.05) is 24.3 Å². The number of amides is 2. The molecule has 27 heavy (non-hydrogen) atoms. The SMILES string of the molecule is NC(=O)[C@@H](N)Cc1ccc(C(=O)Nc2cc(-c3cccs3)ccc2N)cc1. The van der Waals surface area contributed by atoms with Crippen molar-refractivity contribution in [3.63, 3.8) is 0 Å². The summed E-state index contributed by atoms with van der Waals surface area (Å²) in [7, 11) is 0.